The molecule has 8 heteroatoms. The number of carbonyl (C=O) groups excluding carboxylic acids is 1. The molecule has 0 fully saturated rings. The molecule has 0 aliphatic carbocycles. The number of rotatable bonds is 6. The van der Waals surface area contributed by atoms with E-state index in [0.29, 0.717) is 34.7 Å². The fraction of sp³-hybridized carbons (Fsp3) is 0.0385. The Morgan fingerprint density at radius 2 is 1.44 bits per heavy atom. The summed E-state index contributed by atoms with van der Waals surface area (Å²) in [5, 5.41) is 10.3. The zero-order chi connectivity index (χ0) is 23.3. The van der Waals surface area contributed by atoms with Crippen molar-refractivity contribution in [3.05, 3.63) is 103 Å². The van der Waals surface area contributed by atoms with Crippen molar-refractivity contribution in [2.24, 2.45) is 0 Å². The first kappa shape index (κ1) is 21.0. The monoisotopic (exact) mass is 447 g/mol. The van der Waals surface area contributed by atoms with Gasteiger partial charge in [0, 0.05) is 29.0 Å². The zero-order valence-corrected chi connectivity index (χ0v) is 18.4. The van der Waals surface area contributed by atoms with E-state index in [4.69, 9.17) is 0 Å². The van der Waals surface area contributed by atoms with Gasteiger partial charge < -0.3 is 16.0 Å². The van der Waals surface area contributed by atoms with Crippen molar-refractivity contribution in [2.45, 2.75) is 6.92 Å². The highest BCUT2D eigenvalue weighted by Crippen LogP contribution is 2.21. The number of hydrogen-bond donors (Lipinski definition) is 3. The van der Waals surface area contributed by atoms with Gasteiger partial charge in [0.25, 0.3) is 5.91 Å². The smallest absolute Gasteiger partial charge is 0.274 e. The van der Waals surface area contributed by atoms with Gasteiger partial charge in [-0.3, -0.25) is 4.79 Å². The fourth-order valence-corrected chi connectivity index (χ4v) is 3.44. The third-order valence-electron chi connectivity index (χ3n) is 5.01. The third-order valence-corrected chi connectivity index (χ3v) is 5.01. The first-order valence-electron chi connectivity index (χ1n) is 10.7. The number of nitrogens with one attached hydrogen (secondary N) is 3. The molecular formula is C26H21N7O. The van der Waals surface area contributed by atoms with Crippen molar-refractivity contribution in [1.82, 2.24) is 19.9 Å². The molecule has 0 saturated heterocycles. The second-order valence-corrected chi connectivity index (χ2v) is 7.57. The number of carbonyl (C=O) groups is 1. The van der Waals surface area contributed by atoms with E-state index >= 15 is 0 Å². The SMILES string of the molecule is Cc1nc(Nc2ccc(NC(=O)c3ccc4ccccc4n3)cc2)cc(Nc2ccccn2)n1. The molecule has 1 amide bonds. The molecule has 34 heavy (non-hydrogen) atoms. The highest BCUT2D eigenvalue weighted by Gasteiger charge is 2.09. The van der Waals surface area contributed by atoms with E-state index in [0.717, 1.165) is 16.6 Å². The molecule has 0 radical (unpaired) electrons. The lowest BCUT2D eigenvalue weighted by Gasteiger charge is -2.11. The van der Waals surface area contributed by atoms with Crippen LogP contribution < -0.4 is 16.0 Å². The Balaban J connectivity index is 1.26. The maximum absolute atomic E-state index is 12.6. The zero-order valence-electron chi connectivity index (χ0n) is 18.4. The van der Waals surface area contributed by atoms with Crippen LogP contribution >= 0.6 is 0 Å². The van der Waals surface area contributed by atoms with Gasteiger partial charge in [0.1, 0.15) is 29.0 Å². The van der Waals surface area contributed by atoms with E-state index < -0.39 is 0 Å². The van der Waals surface area contributed by atoms with Gasteiger partial charge in [-0.2, -0.15) is 0 Å². The molecule has 5 aromatic rings. The highest BCUT2D eigenvalue weighted by atomic mass is 16.1. The lowest BCUT2D eigenvalue weighted by molar-refractivity contribution is 0.102. The Morgan fingerprint density at radius 3 is 2.24 bits per heavy atom. The molecule has 0 unspecified atom stereocenters. The van der Waals surface area contributed by atoms with E-state index in [2.05, 4.69) is 35.9 Å². The second kappa shape index (κ2) is 9.33. The van der Waals surface area contributed by atoms with Crippen molar-refractivity contribution < 1.29 is 4.79 Å². The van der Waals surface area contributed by atoms with Gasteiger partial charge in [0.2, 0.25) is 0 Å². The average Bonchev–Trinajstić information content (AvgIpc) is 2.85. The van der Waals surface area contributed by atoms with Crippen molar-refractivity contribution >= 4 is 45.6 Å². The Bertz CT molecular complexity index is 1450. The molecule has 5 rings (SSSR count). The maximum Gasteiger partial charge on any atom is 0.274 e. The Labute approximate surface area is 196 Å². The van der Waals surface area contributed by atoms with Crippen LogP contribution in [0.25, 0.3) is 10.9 Å². The predicted molar refractivity (Wildman–Crippen MR) is 134 cm³/mol. The van der Waals surface area contributed by atoms with Crippen molar-refractivity contribution in [2.75, 3.05) is 16.0 Å². The quantitative estimate of drug-likeness (QED) is 0.317. The van der Waals surface area contributed by atoms with Gasteiger partial charge in [-0.25, -0.2) is 19.9 Å². The van der Waals surface area contributed by atoms with Crippen molar-refractivity contribution in [3.63, 3.8) is 0 Å². The van der Waals surface area contributed by atoms with Crippen molar-refractivity contribution in [3.8, 4) is 0 Å². The van der Waals surface area contributed by atoms with Gasteiger partial charge in [-0.1, -0.05) is 30.3 Å². The summed E-state index contributed by atoms with van der Waals surface area (Å²) in [6, 6.07) is 26.1. The predicted octanol–water partition coefficient (Wildman–Crippen LogP) is 5.47. The molecule has 0 saturated carbocycles. The first-order valence-corrected chi connectivity index (χ1v) is 10.7. The summed E-state index contributed by atoms with van der Waals surface area (Å²) in [4.78, 5) is 30.2. The first-order chi connectivity index (χ1) is 16.6. The molecule has 0 atom stereocenters. The largest absolute Gasteiger partial charge is 0.340 e. The molecular weight excluding hydrogens is 426 g/mol. The molecule has 0 aliphatic heterocycles. The summed E-state index contributed by atoms with van der Waals surface area (Å²) >= 11 is 0. The van der Waals surface area contributed by atoms with Crippen LogP contribution in [0.1, 0.15) is 16.3 Å². The van der Waals surface area contributed by atoms with Crippen LogP contribution in [-0.2, 0) is 0 Å². The van der Waals surface area contributed by atoms with Crippen LogP contribution in [0.3, 0.4) is 0 Å². The van der Waals surface area contributed by atoms with Gasteiger partial charge in [-0.15, -0.1) is 0 Å². The summed E-state index contributed by atoms with van der Waals surface area (Å²) < 4.78 is 0. The van der Waals surface area contributed by atoms with Crippen LogP contribution in [0.5, 0.6) is 0 Å². The summed E-state index contributed by atoms with van der Waals surface area (Å²) in [6.07, 6.45) is 1.71. The van der Waals surface area contributed by atoms with Crippen LogP contribution in [0, 0.1) is 6.92 Å². The Morgan fingerprint density at radius 1 is 0.706 bits per heavy atom. The minimum absolute atomic E-state index is 0.261. The summed E-state index contributed by atoms with van der Waals surface area (Å²) in [5.41, 5.74) is 2.64. The molecule has 166 valence electrons. The molecule has 3 N–H and O–H groups in total. The number of aromatic nitrogens is 4. The molecule has 8 nitrogen and oxygen atoms in total. The van der Waals surface area contributed by atoms with E-state index in [1.165, 1.54) is 0 Å². The summed E-state index contributed by atoms with van der Waals surface area (Å²) in [6.45, 7) is 1.83. The van der Waals surface area contributed by atoms with E-state index in [1.807, 2.05) is 85.8 Å². The number of hydrogen-bond acceptors (Lipinski definition) is 7. The Hall–Kier alpha value is -4.85. The number of pyridine rings is 2. The molecule has 0 aliphatic rings. The summed E-state index contributed by atoms with van der Waals surface area (Å²) in [5.74, 6) is 2.34. The maximum atomic E-state index is 12.6. The van der Waals surface area contributed by atoms with Crippen LogP contribution in [-0.4, -0.2) is 25.8 Å². The summed E-state index contributed by atoms with van der Waals surface area (Å²) in [7, 11) is 0. The third kappa shape index (κ3) is 4.97. The molecule has 0 spiro atoms. The van der Waals surface area contributed by atoms with Crippen molar-refractivity contribution in [1.29, 1.82) is 0 Å². The lowest BCUT2D eigenvalue weighted by Crippen LogP contribution is -2.13. The normalized spacial score (nSPS) is 10.6. The minimum atomic E-state index is -0.261. The number of aryl methyl sites for hydroxylation is 1. The second-order valence-electron chi connectivity index (χ2n) is 7.57. The van der Waals surface area contributed by atoms with E-state index in [-0.39, 0.29) is 5.91 Å². The minimum Gasteiger partial charge on any atom is -0.340 e. The number of para-hydroxylation sites is 1. The molecule has 0 bridgehead atoms. The Kier molecular flexibility index (Phi) is 5.77. The van der Waals surface area contributed by atoms with Crippen LogP contribution in [0.4, 0.5) is 28.8 Å². The van der Waals surface area contributed by atoms with Gasteiger partial charge in [0.15, 0.2) is 0 Å². The number of benzene rings is 2. The van der Waals surface area contributed by atoms with Crippen LogP contribution in [0.15, 0.2) is 91.1 Å². The van der Waals surface area contributed by atoms with E-state index in [1.54, 1.807) is 12.3 Å². The molecule has 2 aromatic carbocycles. The highest BCUT2D eigenvalue weighted by molar-refractivity contribution is 6.04. The van der Waals surface area contributed by atoms with Gasteiger partial charge in [-0.05, 0) is 55.5 Å². The number of nitrogens with zero attached hydrogens (tertiary/aromatic N) is 4. The van der Waals surface area contributed by atoms with E-state index in [9.17, 15) is 4.79 Å². The number of fused-ring (bicyclic) bond motifs is 1. The number of amides is 1. The van der Waals surface area contributed by atoms with Gasteiger partial charge in [0.05, 0.1) is 5.52 Å². The molecule has 3 heterocycles. The average molecular weight is 448 g/mol. The lowest BCUT2D eigenvalue weighted by atomic mass is 10.2. The van der Waals surface area contributed by atoms with Crippen LogP contribution in [0.2, 0.25) is 0 Å². The molecule has 3 aromatic heterocycles. The van der Waals surface area contributed by atoms with Gasteiger partial charge >= 0.3 is 0 Å². The number of anilines is 5. The standard InChI is InChI=1S/C26H21N7O/c1-17-28-24(16-25(29-17)33-23-8-4-5-15-27-23)30-19-10-12-20(13-11-19)31-26(34)22-14-9-18-6-2-3-7-21(18)32-22/h2-16H,1H3,(H,31,34)(H2,27,28,29,30,33). The fourth-order valence-electron chi connectivity index (χ4n) is 3.44. The topological polar surface area (TPSA) is 105 Å².